The molecule has 1 aliphatic rings. The lowest BCUT2D eigenvalue weighted by molar-refractivity contribution is 0.660. The molecule has 0 bridgehead atoms. The first-order chi connectivity index (χ1) is 32.0. The number of rotatable bonds is 6. The van der Waals surface area contributed by atoms with Crippen LogP contribution in [0, 0.1) is 0 Å². The second-order valence-corrected chi connectivity index (χ2v) is 18.0. The van der Waals surface area contributed by atoms with E-state index in [-0.39, 0.29) is 5.41 Å². The molecule has 0 N–H and O–H groups in total. The van der Waals surface area contributed by atoms with Gasteiger partial charge in [0.15, 0.2) is 0 Å². The molecule has 2 heteroatoms. The molecule has 0 unspecified atom stereocenters. The van der Waals surface area contributed by atoms with Gasteiger partial charge in [0, 0.05) is 38.6 Å². The van der Waals surface area contributed by atoms with Crippen molar-refractivity contribution >= 4 is 71.2 Å². The largest absolute Gasteiger partial charge is 0.310 e. The van der Waals surface area contributed by atoms with Crippen LogP contribution in [0.2, 0.25) is 0 Å². The Morgan fingerprint density at radius 1 is 0.338 bits per heavy atom. The van der Waals surface area contributed by atoms with Crippen molar-refractivity contribution in [1.29, 1.82) is 0 Å². The minimum Gasteiger partial charge on any atom is -0.310 e. The van der Waals surface area contributed by atoms with Crippen LogP contribution < -0.4 is 4.90 Å². The Morgan fingerprint density at radius 3 is 1.46 bits per heavy atom. The number of nitrogens with zero attached hydrogens (tertiary/aromatic N) is 2. The molecule has 12 aromatic rings. The average Bonchev–Trinajstić information content (AvgIpc) is 3.82. The minimum absolute atomic E-state index is 0.0871. The number of hydrogen-bond donors (Lipinski definition) is 0. The van der Waals surface area contributed by atoms with Gasteiger partial charge in [-0.25, -0.2) is 0 Å². The van der Waals surface area contributed by atoms with Gasteiger partial charge in [0.1, 0.15) is 0 Å². The second-order valence-electron chi connectivity index (χ2n) is 18.0. The van der Waals surface area contributed by atoms with Crippen LogP contribution in [0.4, 0.5) is 17.1 Å². The number of hydrogen-bond acceptors (Lipinski definition) is 1. The molecule has 11 aromatic carbocycles. The highest BCUT2D eigenvalue weighted by Crippen LogP contribution is 2.52. The van der Waals surface area contributed by atoms with Crippen molar-refractivity contribution in [3.63, 3.8) is 0 Å². The lowest BCUT2D eigenvalue weighted by Gasteiger charge is -2.28. The van der Waals surface area contributed by atoms with E-state index in [2.05, 4.69) is 254 Å². The maximum atomic E-state index is 2.47. The number of fused-ring (bicyclic) bond motifs is 9. The summed E-state index contributed by atoms with van der Waals surface area (Å²) in [4.78, 5) is 2.41. The van der Waals surface area contributed by atoms with E-state index in [1.807, 2.05) is 0 Å². The van der Waals surface area contributed by atoms with Gasteiger partial charge in [-0.15, -0.1) is 0 Å². The Labute approximate surface area is 378 Å². The molecule has 0 amide bonds. The molecule has 0 fully saturated rings. The van der Waals surface area contributed by atoms with Gasteiger partial charge in [-0.2, -0.15) is 0 Å². The quantitative estimate of drug-likeness (QED) is 0.152. The van der Waals surface area contributed by atoms with Crippen molar-refractivity contribution in [2.75, 3.05) is 4.90 Å². The molecular weight excluding hydrogens is 785 g/mol. The van der Waals surface area contributed by atoms with Crippen molar-refractivity contribution in [1.82, 2.24) is 4.57 Å². The van der Waals surface area contributed by atoms with Gasteiger partial charge in [-0.05, 0) is 132 Å². The zero-order chi connectivity index (χ0) is 43.2. The van der Waals surface area contributed by atoms with Gasteiger partial charge in [-0.3, -0.25) is 0 Å². The Bertz CT molecular complexity index is 3740. The van der Waals surface area contributed by atoms with Crippen molar-refractivity contribution in [2.45, 2.75) is 19.3 Å². The van der Waals surface area contributed by atoms with E-state index < -0.39 is 0 Å². The van der Waals surface area contributed by atoms with Crippen LogP contribution in [0.5, 0.6) is 0 Å². The van der Waals surface area contributed by atoms with E-state index in [1.54, 1.807) is 0 Å². The van der Waals surface area contributed by atoms with Crippen LogP contribution in [-0.2, 0) is 5.41 Å². The predicted octanol–water partition coefficient (Wildman–Crippen LogP) is 17.4. The molecule has 0 saturated carbocycles. The Morgan fingerprint density at radius 2 is 0.815 bits per heavy atom. The number of para-hydroxylation sites is 3. The third kappa shape index (κ3) is 5.60. The zero-order valence-electron chi connectivity index (χ0n) is 36.3. The first kappa shape index (κ1) is 37.4. The highest BCUT2D eigenvalue weighted by atomic mass is 15.1. The molecule has 0 saturated heterocycles. The molecule has 0 aliphatic heterocycles. The van der Waals surface area contributed by atoms with Crippen molar-refractivity contribution in [2.24, 2.45) is 0 Å². The van der Waals surface area contributed by atoms with Crippen LogP contribution in [0.15, 0.2) is 231 Å². The summed E-state index contributed by atoms with van der Waals surface area (Å²) < 4.78 is 2.38. The summed E-state index contributed by atoms with van der Waals surface area (Å²) in [6.45, 7) is 4.74. The van der Waals surface area contributed by atoms with Crippen molar-refractivity contribution < 1.29 is 0 Å². The smallest absolute Gasteiger partial charge is 0.0541 e. The summed E-state index contributed by atoms with van der Waals surface area (Å²) >= 11 is 0. The van der Waals surface area contributed by atoms with Gasteiger partial charge in [-0.1, -0.05) is 184 Å². The Kier molecular flexibility index (Phi) is 8.29. The molecule has 1 aromatic heterocycles. The van der Waals surface area contributed by atoms with Crippen molar-refractivity contribution in [3.05, 3.63) is 242 Å². The third-order valence-corrected chi connectivity index (χ3v) is 14.2. The number of anilines is 3. The maximum absolute atomic E-state index is 2.47. The maximum Gasteiger partial charge on any atom is 0.0541 e. The summed E-state index contributed by atoms with van der Waals surface area (Å²) in [5.41, 5.74) is 17.3. The molecular formula is C63H44N2. The lowest BCUT2D eigenvalue weighted by Crippen LogP contribution is -2.14. The highest BCUT2D eigenvalue weighted by Gasteiger charge is 2.35. The monoisotopic (exact) mass is 828 g/mol. The fraction of sp³-hybridized carbons (Fsp3) is 0.0476. The lowest BCUT2D eigenvalue weighted by atomic mass is 9.80. The topological polar surface area (TPSA) is 8.17 Å². The van der Waals surface area contributed by atoms with Crippen LogP contribution in [0.25, 0.3) is 93.2 Å². The van der Waals surface area contributed by atoms with Gasteiger partial charge in [0.25, 0.3) is 0 Å². The normalized spacial score (nSPS) is 12.9. The SMILES string of the molecule is CC1(C)c2ccccc2-c2ccc(-c3c4ccccc4c(-c4ccc(N(c5ccccc5)c5ccc(-n6c7ccccc7c7ccccc76)cc5)c5ccccc45)c4ccccc34)cc21. The summed E-state index contributed by atoms with van der Waals surface area (Å²) in [5, 5.41) is 9.96. The molecule has 65 heavy (non-hydrogen) atoms. The number of benzene rings is 11. The first-order valence-corrected chi connectivity index (χ1v) is 22.7. The van der Waals surface area contributed by atoms with Crippen molar-refractivity contribution in [3.8, 4) is 39.1 Å². The fourth-order valence-corrected chi connectivity index (χ4v) is 11.2. The van der Waals surface area contributed by atoms with Gasteiger partial charge in [0.05, 0.1) is 16.7 Å². The minimum atomic E-state index is -0.0871. The molecule has 306 valence electrons. The van der Waals surface area contributed by atoms with Gasteiger partial charge < -0.3 is 9.47 Å². The third-order valence-electron chi connectivity index (χ3n) is 14.2. The van der Waals surface area contributed by atoms with E-state index in [1.165, 1.54) is 98.6 Å². The van der Waals surface area contributed by atoms with Crippen LogP contribution in [-0.4, -0.2) is 4.57 Å². The molecule has 0 spiro atoms. The van der Waals surface area contributed by atoms with Crippen LogP contribution in [0.3, 0.4) is 0 Å². The van der Waals surface area contributed by atoms with Gasteiger partial charge >= 0.3 is 0 Å². The second kappa shape index (κ2) is 14.4. The Balaban J connectivity index is 0.989. The predicted molar refractivity (Wildman–Crippen MR) is 276 cm³/mol. The van der Waals surface area contributed by atoms with Crippen LogP contribution in [0.1, 0.15) is 25.0 Å². The van der Waals surface area contributed by atoms with E-state index >= 15 is 0 Å². The summed E-state index contributed by atoms with van der Waals surface area (Å²) in [6, 6.07) is 85.1. The molecule has 1 aliphatic carbocycles. The van der Waals surface area contributed by atoms with Gasteiger partial charge in [0.2, 0.25) is 0 Å². The average molecular weight is 829 g/mol. The van der Waals surface area contributed by atoms with E-state index in [4.69, 9.17) is 0 Å². The van der Waals surface area contributed by atoms with E-state index in [0.29, 0.717) is 0 Å². The standard InChI is InChI=1S/C63H44N2/c1-63(2)56-29-15-12-21-46(56)47-37-32-41(40-57(47)63)61-51-25-8-10-27-53(51)62(54-28-11-9-26-52(54)61)55-38-39-60(48-22-7-6-20-45(48)55)64(42-18-4-3-5-19-42)43-33-35-44(36-34-43)65-58-30-16-13-23-49(58)50-24-14-17-31-59(50)65/h3-40H,1-2H3. The summed E-state index contributed by atoms with van der Waals surface area (Å²) in [5.74, 6) is 0. The van der Waals surface area contributed by atoms with E-state index in [0.717, 1.165) is 22.7 Å². The summed E-state index contributed by atoms with van der Waals surface area (Å²) in [7, 11) is 0. The molecule has 13 rings (SSSR count). The Hall–Kier alpha value is -8.20. The molecule has 2 nitrogen and oxygen atoms in total. The summed E-state index contributed by atoms with van der Waals surface area (Å²) in [6.07, 6.45) is 0. The zero-order valence-corrected chi connectivity index (χ0v) is 36.3. The number of aromatic nitrogens is 1. The highest BCUT2D eigenvalue weighted by molar-refractivity contribution is 6.24. The fourth-order valence-electron chi connectivity index (χ4n) is 11.2. The molecule has 0 radical (unpaired) electrons. The molecule has 1 heterocycles. The first-order valence-electron chi connectivity index (χ1n) is 22.7. The van der Waals surface area contributed by atoms with Crippen LogP contribution >= 0.6 is 0 Å². The molecule has 0 atom stereocenters. The van der Waals surface area contributed by atoms with E-state index in [9.17, 15) is 0 Å².